The van der Waals surface area contributed by atoms with Crippen molar-refractivity contribution in [1.82, 2.24) is 10.1 Å². The lowest BCUT2D eigenvalue weighted by Gasteiger charge is -2.00. The van der Waals surface area contributed by atoms with Gasteiger partial charge in [-0.25, -0.2) is 8.78 Å². The van der Waals surface area contributed by atoms with Crippen LogP contribution in [0.2, 0.25) is 0 Å². The van der Waals surface area contributed by atoms with Crippen molar-refractivity contribution in [3.8, 4) is 22.8 Å². The Bertz CT molecular complexity index is 750. The molecular weight excluding hydrogens is 264 g/mol. The summed E-state index contributed by atoms with van der Waals surface area (Å²) in [5.41, 5.74) is 6.06. The Hall–Kier alpha value is -2.76. The molecule has 2 N–H and O–H groups in total. The largest absolute Gasteiger partial charge is 0.398 e. The molecule has 0 amide bonds. The van der Waals surface area contributed by atoms with Gasteiger partial charge in [-0.2, -0.15) is 4.98 Å². The second kappa shape index (κ2) is 4.73. The summed E-state index contributed by atoms with van der Waals surface area (Å²) in [5.74, 6) is -1.10. The highest BCUT2D eigenvalue weighted by Crippen LogP contribution is 2.29. The van der Waals surface area contributed by atoms with E-state index >= 15 is 0 Å². The normalized spacial score (nSPS) is 10.7. The fraction of sp³-hybridized carbons (Fsp3) is 0. The van der Waals surface area contributed by atoms with Crippen molar-refractivity contribution in [2.24, 2.45) is 0 Å². The van der Waals surface area contributed by atoms with E-state index in [1.165, 1.54) is 30.3 Å². The molecule has 3 rings (SSSR count). The van der Waals surface area contributed by atoms with Crippen LogP contribution >= 0.6 is 0 Å². The highest BCUT2D eigenvalue weighted by Gasteiger charge is 2.18. The van der Waals surface area contributed by atoms with Gasteiger partial charge in [-0.3, -0.25) is 0 Å². The molecule has 1 aromatic heterocycles. The van der Waals surface area contributed by atoms with Crippen LogP contribution in [0.5, 0.6) is 0 Å². The van der Waals surface area contributed by atoms with Crippen molar-refractivity contribution >= 4 is 5.69 Å². The van der Waals surface area contributed by atoms with Gasteiger partial charge in [0, 0.05) is 5.69 Å². The van der Waals surface area contributed by atoms with Gasteiger partial charge < -0.3 is 10.3 Å². The summed E-state index contributed by atoms with van der Waals surface area (Å²) in [4.78, 5) is 4.00. The van der Waals surface area contributed by atoms with Gasteiger partial charge in [-0.15, -0.1) is 0 Å². The average Bonchev–Trinajstić information content (AvgIpc) is 2.88. The summed E-state index contributed by atoms with van der Waals surface area (Å²) in [5, 5.41) is 3.66. The fourth-order valence-electron chi connectivity index (χ4n) is 1.84. The summed E-state index contributed by atoms with van der Waals surface area (Å²) in [6.45, 7) is 0. The topological polar surface area (TPSA) is 64.9 Å². The third-order valence-corrected chi connectivity index (χ3v) is 2.80. The van der Waals surface area contributed by atoms with E-state index in [4.69, 9.17) is 10.3 Å². The highest BCUT2D eigenvalue weighted by molar-refractivity contribution is 5.72. The molecule has 0 bridgehead atoms. The van der Waals surface area contributed by atoms with E-state index in [1.807, 2.05) is 0 Å². The van der Waals surface area contributed by atoms with Crippen molar-refractivity contribution in [3.05, 3.63) is 54.1 Å². The van der Waals surface area contributed by atoms with E-state index in [9.17, 15) is 8.78 Å². The molecular formula is C14H9F2N3O. The van der Waals surface area contributed by atoms with E-state index in [2.05, 4.69) is 10.1 Å². The monoisotopic (exact) mass is 273 g/mol. The maximum atomic E-state index is 13.7. The van der Waals surface area contributed by atoms with Gasteiger partial charge in [0.1, 0.15) is 11.6 Å². The SMILES string of the molecule is Nc1cccc(F)c1-c1nc(-c2ccccc2F)no1. The highest BCUT2D eigenvalue weighted by atomic mass is 19.1. The summed E-state index contributed by atoms with van der Waals surface area (Å²) in [7, 11) is 0. The first-order chi connectivity index (χ1) is 9.66. The van der Waals surface area contributed by atoms with Crippen molar-refractivity contribution in [1.29, 1.82) is 0 Å². The second-order valence-electron chi connectivity index (χ2n) is 4.11. The van der Waals surface area contributed by atoms with Crippen LogP contribution in [-0.4, -0.2) is 10.1 Å². The third-order valence-electron chi connectivity index (χ3n) is 2.80. The maximum Gasteiger partial charge on any atom is 0.263 e. The van der Waals surface area contributed by atoms with E-state index < -0.39 is 11.6 Å². The molecule has 4 nitrogen and oxygen atoms in total. The summed E-state index contributed by atoms with van der Waals surface area (Å²) < 4.78 is 32.3. The quantitative estimate of drug-likeness (QED) is 0.728. The standard InChI is InChI=1S/C14H9F2N3O/c15-9-5-2-1-4-8(9)13-18-14(20-19-13)12-10(16)6-3-7-11(12)17/h1-7H,17H2. The van der Waals surface area contributed by atoms with Crippen molar-refractivity contribution < 1.29 is 13.3 Å². The Kier molecular flexibility index (Phi) is 2.90. The van der Waals surface area contributed by atoms with E-state index in [0.29, 0.717) is 0 Å². The molecule has 1 heterocycles. The Balaban J connectivity index is 2.10. The second-order valence-corrected chi connectivity index (χ2v) is 4.11. The number of benzene rings is 2. The van der Waals surface area contributed by atoms with Crippen LogP contribution in [0.1, 0.15) is 0 Å². The Morgan fingerprint density at radius 3 is 2.45 bits per heavy atom. The first kappa shape index (κ1) is 12.3. The molecule has 0 aliphatic heterocycles. The van der Waals surface area contributed by atoms with Gasteiger partial charge in [0.05, 0.1) is 11.1 Å². The number of anilines is 1. The molecule has 0 fully saturated rings. The molecule has 0 unspecified atom stereocenters. The van der Waals surface area contributed by atoms with E-state index in [1.54, 1.807) is 12.1 Å². The van der Waals surface area contributed by atoms with Crippen LogP contribution < -0.4 is 5.73 Å². The molecule has 0 saturated heterocycles. The van der Waals surface area contributed by atoms with Gasteiger partial charge in [0.15, 0.2) is 0 Å². The lowest BCUT2D eigenvalue weighted by molar-refractivity contribution is 0.429. The van der Waals surface area contributed by atoms with Crippen LogP contribution in [0.4, 0.5) is 14.5 Å². The molecule has 20 heavy (non-hydrogen) atoms. The first-order valence-corrected chi connectivity index (χ1v) is 5.80. The van der Waals surface area contributed by atoms with Gasteiger partial charge in [0.25, 0.3) is 5.89 Å². The molecule has 100 valence electrons. The first-order valence-electron chi connectivity index (χ1n) is 5.80. The lowest BCUT2D eigenvalue weighted by atomic mass is 10.1. The van der Waals surface area contributed by atoms with Crippen molar-refractivity contribution in [3.63, 3.8) is 0 Å². The van der Waals surface area contributed by atoms with E-state index in [-0.39, 0.29) is 28.5 Å². The number of hydrogen-bond donors (Lipinski definition) is 1. The molecule has 0 aliphatic carbocycles. The molecule has 0 aliphatic rings. The fourth-order valence-corrected chi connectivity index (χ4v) is 1.84. The molecule has 3 aromatic rings. The van der Waals surface area contributed by atoms with Gasteiger partial charge in [-0.1, -0.05) is 23.4 Å². The number of halogens is 2. The van der Waals surface area contributed by atoms with Crippen LogP contribution in [0, 0.1) is 11.6 Å². The number of nitrogens with zero attached hydrogens (tertiary/aromatic N) is 2. The van der Waals surface area contributed by atoms with Gasteiger partial charge in [-0.05, 0) is 24.3 Å². The zero-order chi connectivity index (χ0) is 14.1. The molecule has 6 heteroatoms. The summed E-state index contributed by atoms with van der Waals surface area (Å²) >= 11 is 0. The molecule has 2 aromatic carbocycles. The number of aromatic nitrogens is 2. The molecule has 0 atom stereocenters. The van der Waals surface area contributed by atoms with Gasteiger partial charge >= 0.3 is 0 Å². The third kappa shape index (κ3) is 2.01. The van der Waals surface area contributed by atoms with Crippen molar-refractivity contribution in [2.45, 2.75) is 0 Å². The molecule has 0 spiro atoms. The number of rotatable bonds is 2. The number of nitrogen functional groups attached to an aromatic ring is 1. The molecule has 0 radical (unpaired) electrons. The summed E-state index contributed by atoms with van der Waals surface area (Å²) in [6, 6.07) is 10.2. The number of nitrogens with two attached hydrogens (primary N) is 1. The van der Waals surface area contributed by atoms with Crippen LogP contribution in [0.25, 0.3) is 22.8 Å². The Labute approximate surface area is 112 Å². The Morgan fingerprint density at radius 2 is 1.70 bits per heavy atom. The van der Waals surface area contributed by atoms with Crippen LogP contribution in [0.15, 0.2) is 47.0 Å². The average molecular weight is 273 g/mol. The smallest absolute Gasteiger partial charge is 0.263 e. The minimum absolute atomic E-state index is 0.0163. The van der Waals surface area contributed by atoms with Crippen LogP contribution in [0.3, 0.4) is 0 Å². The Morgan fingerprint density at radius 1 is 0.950 bits per heavy atom. The lowest BCUT2D eigenvalue weighted by Crippen LogP contribution is -1.93. The van der Waals surface area contributed by atoms with E-state index in [0.717, 1.165) is 0 Å². The zero-order valence-corrected chi connectivity index (χ0v) is 10.2. The van der Waals surface area contributed by atoms with Crippen LogP contribution in [-0.2, 0) is 0 Å². The minimum Gasteiger partial charge on any atom is -0.398 e. The minimum atomic E-state index is -0.575. The summed E-state index contributed by atoms with van der Waals surface area (Å²) in [6.07, 6.45) is 0. The number of hydrogen-bond acceptors (Lipinski definition) is 4. The van der Waals surface area contributed by atoms with Gasteiger partial charge in [0.2, 0.25) is 5.82 Å². The predicted molar refractivity (Wildman–Crippen MR) is 69.5 cm³/mol. The van der Waals surface area contributed by atoms with Crippen molar-refractivity contribution in [2.75, 3.05) is 5.73 Å². The zero-order valence-electron chi connectivity index (χ0n) is 10.2. The predicted octanol–water partition coefficient (Wildman–Crippen LogP) is 3.26. The maximum absolute atomic E-state index is 13.7. The molecule has 0 saturated carbocycles.